The van der Waals surface area contributed by atoms with Gasteiger partial charge in [0, 0.05) is 18.6 Å². The third kappa shape index (κ3) is 5.18. The number of benzene rings is 2. The highest BCUT2D eigenvalue weighted by atomic mass is 16.2. The predicted molar refractivity (Wildman–Crippen MR) is 108 cm³/mol. The maximum absolute atomic E-state index is 12.8. The minimum atomic E-state index is -0.252. The van der Waals surface area contributed by atoms with E-state index in [1.807, 2.05) is 18.2 Å². The second-order valence-corrected chi connectivity index (χ2v) is 7.83. The second kappa shape index (κ2) is 8.68. The molecule has 4 nitrogen and oxygen atoms in total. The quantitative estimate of drug-likeness (QED) is 0.794. The van der Waals surface area contributed by atoms with Gasteiger partial charge in [0.25, 0.3) is 0 Å². The third-order valence-corrected chi connectivity index (χ3v) is 5.56. The molecule has 1 aliphatic heterocycles. The fraction of sp³-hybridized carbons (Fsp3) is 0.435. The second-order valence-electron chi connectivity index (χ2n) is 7.83. The number of amides is 1. The molecule has 0 spiro atoms. The van der Waals surface area contributed by atoms with E-state index >= 15 is 0 Å². The number of hydrogen-bond acceptors (Lipinski definition) is 3. The molecule has 2 aromatic rings. The maximum Gasteiger partial charge on any atom is 0.241 e. The zero-order valence-corrected chi connectivity index (χ0v) is 15.8. The summed E-state index contributed by atoms with van der Waals surface area (Å²) in [6.07, 6.45) is 4.38. The zero-order valence-electron chi connectivity index (χ0n) is 15.8. The van der Waals surface area contributed by atoms with Gasteiger partial charge in [-0.3, -0.25) is 15.0 Å². The molecule has 1 amide bonds. The van der Waals surface area contributed by atoms with Crippen LogP contribution in [0, 0.1) is 0 Å². The number of likely N-dealkylation sites (tertiary alicyclic amines) is 1. The van der Waals surface area contributed by atoms with Crippen LogP contribution in [0.1, 0.15) is 42.9 Å². The van der Waals surface area contributed by atoms with E-state index in [4.69, 9.17) is 0 Å². The number of piperidine rings is 1. The van der Waals surface area contributed by atoms with Gasteiger partial charge in [0.05, 0.1) is 0 Å². The molecule has 4 rings (SSSR count). The van der Waals surface area contributed by atoms with Gasteiger partial charge in [-0.25, -0.2) is 0 Å². The molecule has 27 heavy (non-hydrogen) atoms. The Hall–Kier alpha value is -2.17. The van der Waals surface area contributed by atoms with Crippen molar-refractivity contribution in [2.45, 2.75) is 50.4 Å². The van der Waals surface area contributed by atoms with Crippen molar-refractivity contribution >= 4 is 5.91 Å². The molecule has 1 saturated heterocycles. The van der Waals surface area contributed by atoms with E-state index in [0.29, 0.717) is 12.1 Å². The highest BCUT2D eigenvalue weighted by Crippen LogP contribution is 2.23. The van der Waals surface area contributed by atoms with Crippen LogP contribution in [0.25, 0.3) is 0 Å². The van der Waals surface area contributed by atoms with Crippen LogP contribution in [0.15, 0.2) is 60.7 Å². The number of nitrogens with zero attached hydrogens (tertiary/aromatic N) is 1. The van der Waals surface area contributed by atoms with Gasteiger partial charge in [0.1, 0.15) is 6.04 Å². The average Bonchev–Trinajstić information content (AvgIpc) is 3.53. The Balaban J connectivity index is 1.34. The molecule has 1 atom stereocenters. The molecule has 142 valence electrons. The normalized spacial score (nSPS) is 19.6. The van der Waals surface area contributed by atoms with E-state index in [1.165, 1.54) is 5.56 Å². The molecule has 0 aromatic heterocycles. The molecule has 2 aromatic carbocycles. The predicted octanol–water partition coefficient (Wildman–Crippen LogP) is 3.26. The molecule has 0 radical (unpaired) electrons. The molecule has 0 unspecified atom stereocenters. The Kier molecular flexibility index (Phi) is 5.85. The van der Waals surface area contributed by atoms with Crippen LogP contribution in [-0.4, -0.2) is 36.0 Å². The summed E-state index contributed by atoms with van der Waals surface area (Å²) in [7, 11) is 0. The Morgan fingerprint density at radius 2 is 1.52 bits per heavy atom. The summed E-state index contributed by atoms with van der Waals surface area (Å²) < 4.78 is 0. The van der Waals surface area contributed by atoms with E-state index in [-0.39, 0.29) is 11.9 Å². The summed E-state index contributed by atoms with van der Waals surface area (Å²) in [5, 5.41) is 6.82. The molecule has 2 N–H and O–H groups in total. The van der Waals surface area contributed by atoms with Gasteiger partial charge < -0.3 is 5.32 Å². The van der Waals surface area contributed by atoms with Gasteiger partial charge in [-0.1, -0.05) is 60.7 Å². The Bertz CT molecular complexity index is 722. The lowest BCUT2D eigenvalue weighted by molar-refractivity contribution is -0.123. The number of rotatable bonds is 7. The first-order valence-corrected chi connectivity index (χ1v) is 10.2. The van der Waals surface area contributed by atoms with E-state index in [1.54, 1.807) is 0 Å². The first-order valence-electron chi connectivity index (χ1n) is 10.2. The summed E-state index contributed by atoms with van der Waals surface area (Å²) in [6.45, 7) is 3.15. The molecule has 2 aliphatic rings. The molecule has 0 bridgehead atoms. The molecule has 4 heteroatoms. The number of hydrogen-bond donors (Lipinski definition) is 2. The highest BCUT2D eigenvalue weighted by molar-refractivity contribution is 5.83. The SMILES string of the molecule is O=C(NC1CC1)[C@H](NC1CCN(Cc2ccccc2)CC1)c1ccccc1. The Morgan fingerprint density at radius 3 is 2.15 bits per heavy atom. The van der Waals surface area contributed by atoms with Crippen molar-refractivity contribution in [3.8, 4) is 0 Å². The topological polar surface area (TPSA) is 44.4 Å². The van der Waals surface area contributed by atoms with Gasteiger partial charge in [-0.15, -0.1) is 0 Å². The molecular weight excluding hydrogens is 334 g/mol. The Morgan fingerprint density at radius 1 is 0.889 bits per heavy atom. The lowest BCUT2D eigenvalue weighted by Crippen LogP contribution is -2.47. The van der Waals surface area contributed by atoms with Crippen molar-refractivity contribution < 1.29 is 4.79 Å². The fourth-order valence-corrected chi connectivity index (χ4v) is 3.82. The van der Waals surface area contributed by atoms with Gasteiger partial charge in [-0.05, 0) is 49.9 Å². The van der Waals surface area contributed by atoms with Crippen LogP contribution in [0.5, 0.6) is 0 Å². The Labute approximate surface area is 162 Å². The molecular formula is C23H29N3O. The summed E-state index contributed by atoms with van der Waals surface area (Å²) in [4.78, 5) is 15.3. The first kappa shape index (κ1) is 18.2. The van der Waals surface area contributed by atoms with Gasteiger partial charge in [0.2, 0.25) is 5.91 Å². The third-order valence-electron chi connectivity index (χ3n) is 5.56. The van der Waals surface area contributed by atoms with Gasteiger partial charge in [-0.2, -0.15) is 0 Å². The monoisotopic (exact) mass is 363 g/mol. The van der Waals surface area contributed by atoms with Gasteiger partial charge >= 0.3 is 0 Å². The zero-order chi connectivity index (χ0) is 18.5. The highest BCUT2D eigenvalue weighted by Gasteiger charge is 2.30. The number of carbonyl (C=O) groups excluding carboxylic acids is 1. The van der Waals surface area contributed by atoms with Crippen LogP contribution < -0.4 is 10.6 Å². The van der Waals surface area contributed by atoms with Crippen molar-refractivity contribution in [3.05, 3.63) is 71.8 Å². The van der Waals surface area contributed by atoms with Crippen LogP contribution in [0.3, 0.4) is 0 Å². The smallest absolute Gasteiger partial charge is 0.241 e. The fourth-order valence-electron chi connectivity index (χ4n) is 3.82. The minimum absolute atomic E-state index is 0.121. The number of nitrogens with one attached hydrogen (secondary N) is 2. The van der Waals surface area contributed by atoms with Crippen molar-refractivity contribution in [3.63, 3.8) is 0 Å². The van der Waals surface area contributed by atoms with Crippen LogP contribution in [0.4, 0.5) is 0 Å². The summed E-state index contributed by atoms with van der Waals surface area (Å²) >= 11 is 0. The summed E-state index contributed by atoms with van der Waals surface area (Å²) in [6, 6.07) is 21.3. The molecule has 1 aliphatic carbocycles. The maximum atomic E-state index is 12.8. The van der Waals surface area contributed by atoms with E-state index in [0.717, 1.165) is 50.9 Å². The van der Waals surface area contributed by atoms with Crippen molar-refractivity contribution in [1.29, 1.82) is 0 Å². The van der Waals surface area contributed by atoms with Crippen LogP contribution >= 0.6 is 0 Å². The molecule has 1 heterocycles. The van der Waals surface area contributed by atoms with E-state index in [2.05, 4.69) is 58.0 Å². The standard InChI is InChI=1S/C23H29N3O/c27-23(25-20-11-12-20)22(19-9-5-2-6-10-19)24-21-13-15-26(16-14-21)17-18-7-3-1-4-8-18/h1-10,20-22,24H,11-17H2,(H,25,27)/t22-/m1/s1. The summed E-state index contributed by atoms with van der Waals surface area (Å²) in [5.74, 6) is 0.121. The lowest BCUT2D eigenvalue weighted by atomic mass is 9.99. The van der Waals surface area contributed by atoms with Crippen molar-refractivity contribution in [1.82, 2.24) is 15.5 Å². The van der Waals surface area contributed by atoms with Crippen LogP contribution in [-0.2, 0) is 11.3 Å². The average molecular weight is 364 g/mol. The van der Waals surface area contributed by atoms with Crippen LogP contribution in [0.2, 0.25) is 0 Å². The van der Waals surface area contributed by atoms with E-state index < -0.39 is 0 Å². The molecule has 2 fully saturated rings. The van der Waals surface area contributed by atoms with E-state index in [9.17, 15) is 4.79 Å². The number of carbonyl (C=O) groups is 1. The molecule has 1 saturated carbocycles. The van der Waals surface area contributed by atoms with Crippen molar-refractivity contribution in [2.24, 2.45) is 0 Å². The lowest BCUT2D eigenvalue weighted by Gasteiger charge is -2.34. The minimum Gasteiger partial charge on any atom is -0.352 e. The largest absolute Gasteiger partial charge is 0.352 e. The first-order chi connectivity index (χ1) is 13.3. The van der Waals surface area contributed by atoms with Crippen molar-refractivity contribution in [2.75, 3.05) is 13.1 Å². The summed E-state index contributed by atoms with van der Waals surface area (Å²) in [5.41, 5.74) is 2.43. The van der Waals surface area contributed by atoms with Gasteiger partial charge in [0.15, 0.2) is 0 Å².